The van der Waals surface area contributed by atoms with Gasteiger partial charge in [0.2, 0.25) is 0 Å². The van der Waals surface area contributed by atoms with Gasteiger partial charge >= 0.3 is 24.6 Å². The van der Waals surface area contributed by atoms with Crippen LogP contribution in [-0.2, 0) is 56.8 Å². The van der Waals surface area contributed by atoms with Crippen LogP contribution in [0.25, 0.3) is 41.8 Å². The van der Waals surface area contributed by atoms with E-state index in [0.717, 1.165) is 0 Å². The summed E-state index contributed by atoms with van der Waals surface area (Å²) in [7, 11) is 0. The first-order valence-corrected chi connectivity index (χ1v) is 21.1. The third-order valence-electron chi connectivity index (χ3n) is 8.34. The van der Waals surface area contributed by atoms with Crippen LogP contribution in [0.1, 0.15) is 79.1 Å². The Hall–Kier alpha value is -5.84. The molecule has 0 aliphatic rings. The molecule has 0 saturated heterocycles. The number of carbonyl (C=O) groups excluding carboxylic acids is 4. The van der Waals surface area contributed by atoms with Gasteiger partial charge in [-0.15, -0.1) is 0 Å². The van der Waals surface area contributed by atoms with Gasteiger partial charge < -0.3 is 56.8 Å². The third kappa shape index (κ3) is 37.3. The van der Waals surface area contributed by atoms with E-state index in [-0.39, 0.29) is 105 Å². The highest BCUT2D eigenvalue weighted by Crippen LogP contribution is 2.21. The maximum Gasteiger partial charge on any atom is 0.508 e. The summed E-state index contributed by atoms with van der Waals surface area (Å²) in [5.41, 5.74) is 32.5. The van der Waals surface area contributed by atoms with E-state index in [2.05, 4.69) is 40.1 Å². The second kappa shape index (κ2) is 40.9. The van der Waals surface area contributed by atoms with E-state index in [9.17, 15) is 19.2 Å². The lowest BCUT2D eigenvalue weighted by molar-refractivity contribution is -0.119. The summed E-state index contributed by atoms with van der Waals surface area (Å²) in [5, 5.41) is 13.8. The van der Waals surface area contributed by atoms with Gasteiger partial charge in [0.15, 0.2) is 0 Å². The fraction of sp³-hybridized carbons (Fsp3) is 0.892. The van der Waals surface area contributed by atoms with Gasteiger partial charge in [-0.05, 0) is 101 Å². The molecule has 0 rings (SSSR count). The maximum atomic E-state index is 12.2. The van der Waals surface area contributed by atoms with E-state index in [0.29, 0.717) is 51.4 Å². The molecule has 0 aromatic carbocycles. The minimum Gasteiger partial charge on any atom is -0.432 e. The second-order valence-electron chi connectivity index (χ2n) is 14.2. The van der Waals surface area contributed by atoms with Crippen LogP contribution < -0.4 is 0 Å². The summed E-state index contributed by atoms with van der Waals surface area (Å²) < 4.78 is 65.0. The lowest BCUT2D eigenvalue weighted by atomic mass is 9.92. The molecule has 0 saturated carbocycles. The van der Waals surface area contributed by atoms with E-state index in [1.54, 1.807) is 27.7 Å². The van der Waals surface area contributed by atoms with Crippen molar-refractivity contribution in [2.24, 2.45) is 25.9 Å². The fourth-order valence-electron chi connectivity index (χ4n) is 5.15. The van der Waals surface area contributed by atoms with Crippen LogP contribution in [0.4, 0.5) is 19.2 Å². The van der Waals surface area contributed by atoms with E-state index in [4.69, 9.17) is 79.0 Å². The number of ether oxygens (including phenoxy) is 12. The first-order chi connectivity index (χ1) is 31.4. The van der Waals surface area contributed by atoms with Crippen molar-refractivity contribution in [2.45, 2.75) is 103 Å². The standard InChI is InChI=1S/C37H64N12O16/c1-29(9-5-13-42-46-38)62-33(50)58-21-17-54-25-37(26-55-18-22-59-34(51)63-30(2)10-6-14-43-47-39,27-56-19-23-60-35(52)64-31(3)11-7-15-44-48-40)28-57-20-24-61-36(53)65-32(4)12-8-16-45-49-41/h29-32H,5-28H2,1-4H3. The number of nitrogens with zero attached hydrogens (tertiary/aromatic N) is 12. The van der Waals surface area contributed by atoms with Gasteiger partial charge in [0, 0.05) is 45.8 Å². The summed E-state index contributed by atoms with van der Waals surface area (Å²) >= 11 is 0. The van der Waals surface area contributed by atoms with E-state index < -0.39 is 54.5 Å². The Balaban J connectivity index is 5.63. The molecule has 0 radical (unpaired) electrons. The topological polar surface area (TPSA) is 374 Å². The summed E-state index contributed by atoms with van der Waals surface area (Å²) in [6.45, 7) is 6.15. The van der Waals surface area contributed by atoms with E-state index in [1.165, 1.54) is 0 Å². The molecule has 65 heavy (non-hydrogen) atoms. The molecule has 0 amide bonds. The molecular weight excluding hydrogens is 868 g/mol. The zero-order valence-corrected chi connectivity index (χ0v) is 37.7. The van der Waals surface area contributed by atoms with Crippen molar-refractivity contribution in [2.75, 3.05) is 105 Å². The number of carbonyl (C=O) groups is 4. The van der Waals surface area contributed by atoms with Gasteiger partial charge in [-0.2, -0.15) is 0 Å². The van der Waals surface area contributed by atoms with Gasteiger partial charge in [0.05, 0.1) is 58.3 Å². The van der Waals surface area contributed by atoms with Crippen LogP contribution in [0.15, 0.2) is 20.5 Å². The molecule has 4 atom stereocenters. The van der Waals surface area contributed by atoms with Gasteiger partial charge in [0.25, 0.3) is 0 Å². The van der Waals surface area contributed by atoms with Crippen molar-refractivity contribution in [3.63, 3.8) is 0 Å². The molecular formula is C37H64N12O16. The summed E-state index contributed by atoms with van der Waals surface area (Å²) in [4.78, 5) is 59.6. The molecule has 0 spiro atoms. The Bertz CT molecular complexity index is 1300. The zero-order chi connectivity index (χ0) is 48.2. The highest BCUT2D eigenvalue weighted by molar-refractivity contribution is 5.61. The fourth-order valence-corrected chi connectivity index (χ4v) is 5.15. The Labute approximate surface area is 376 Å². The quantitative estimate of drug-likeness (QED) is 0.0139. The first kappa shape index (κ1) is 59.2. The normalized spacial score (nSPS) is 13.2. The summed E-state index contributed by atoms with van der Waals surface area (Å²) in [5.74, 6) is 0. The predicted molar refractivity (Wildman–Crippen MR) is 226 cm³/mol. The van der Waals surface area contributed by atoms with Gasteiger partial charge in [0.1, 0.15) is 50.8 Å². The second-order valence-corrected chi connectivity index (χ2v) is 14.2. The molecule has 0 N–H and O–H groups in total. The molecule has 0 aliphatic carbocycles. The van der Waals surface area contributed by atoms with Gasteiger partial charge in [-0.1, -0.05) is 20.5 Å². The van der Waals surface area contributed by atoms with E-state index in [1.807, 2.05) is 0 Å². The molecule has 28 heteroatoms. The Morgan fingerprint density at radius 1 is 0.400 bits per heavy atom. The van der Waals surface area contributed by atoms with Crippen molar-refractivity contribution in [1.82, 2.24) is 0 Å². The lowest BCUT2D eigenvalue weighted by Gasteiger charge is -2.33. The van der Waals surface area contributed by atoms with Crippen LogP contribution in [0, 0.1) is 5.41 Å². The summed E-state index contributed by atoms with van der Waals surface area (Å²) in [6, 6.07) is 0. The van der Waals surface area contributed by atoms with Crippen LogP contribution >= 0.6 is 0 Å². The first-order valence-electron chi connectivity index (χ1n) is 21.1. The SMILES string of the molecule is CC(CCCN=[N+]=[N-])OC(=O)OCCOCC(COCCOC(=O)OC(C)CCCN=[N+]=[N-])(COCCOC(=O)OC(C)CCCN=[N+]=[N-])COCCOC(=O)OC(C)CCCN=[N+]=[N-]. The molecule has 0 aromatic heterocycles. The van der Waals surface area contributed by atoms with E-state index >= 15 is 0 Å². The number of hydrogen-bond acceptors (Lipinski definition) is 20. The average Bonchev–Trinajstić information content (AvgIpc) is 3.26. The van der Waals surface area contributed by atoms with Crippen molar-refractivity contribution in [3.05, 3.63) is 41.8 Å². The Morgan fingerprint density at radius 2 is 0.615 bits per heavy atom. The number of azide groups is 4. The Morgan fingerprint density at radius 3 is 0.815 bits per heavy atom. The molecule has 0 bridgehead atoms. The van der Waals surface area contributed by atoms with Crippen molar-refractivity contribution < 1.29 is 76.0 Å². The average molecular weight is 933 g/mol. The molecule has 0 aromatic rings. The van der Waals surface area contributed by atoms with Crippen LogP contribution in [0.3, 0.4) is 0 Å². The van der Waals surface area contributed by atoms with Crippen molar-refractivity contribution in [1.29, 1.82) is 0 Å². The lowest BCUT2D eigenvalue weighted by Crippen LogP contribution is -2.43. The van der Waals surface area contributed by atoms with Gasteiger partial charge in [-0.25, -0.2) is 19.2 Å². The van der Waals surface area contributed by atoms with Crippen LogP contribution in [0.5, 0.6) is 0 Å². The van der Waals surface area contributed by atoms with Crippen molar-refractivity contribution >= 4 is 24.6 Å². The molecule has 0 fully saturated rings. The molecule has 0 aliphatic heterocycles. The number of hydrogen-bond donors (Lipinski definition) is 0. The van der Waals surface area contributed by atoms with Gasteiger partial charge in [-0.3, -0.25) is 0 Å². The van der Waals surface area contributed by atoms with Crippen molar-refractivity contribution in [3.8, 4) is 0 Å². The minimum atomic E-state index is -1.11. The number of rotatable bonds is 40. The predicted octanol–water partition coefficient (Wildman–Crippen LogP) is 8.57. The molecule has 4 unspecified atom stereocenters. The summed E-state index contributed by atoms with van der Waals surface area (Å²) in [6.07, 6.45) is -1.78. The maximum absolute atomic E-state index is 12.2. The third-order valence-corrected chi connectivity index (χ3v) is 8.34. The monoisotopic (exact) mass is 932 g/mol. The van der Waals surface area contributed by atoms with Crippen LogP contribution in [-0.4, -0.2) is 154 Å². The molecule has 0 heterocycles. The molecule has 368 valence electrons. The molecule has 28 nitrogen and oxygen atoms in total. The highest BCUT2D eigenvalue weighted by Gasteiger charge is 2.33. The highest BCUT2D eigenvalue weighted by atomic mass is 16.7. The van der Waals surface area contributed by atoms with Crippen LogP contribution in [0.2, 0.25) is 0 Å². The minimum absolute atomic E-state index is 0.0931. The zero-order valence-electron chi connectivity index (χ0n) is 37.7. The largest absolute Gasteiger partial charge is 0.508 e. The Kier molecular flexibility index (Phi) is 37.2. The smallest absolute Gasteiger partial charge is 0.432 e.